The summed E-state index contributed by atoms with van der Waals surface area (Å²) in [7, 11) is 0. The van der Waals surface area contributed by atoms with Gasteiger partial charge >= 0.3 is 5.97 Å². The lowest BCUT2D eigenvalue weighted by molar-refractivity contribution is -0.150. The van der Waals surface area contributed by atoms with Crippen LogP contribution in [0.25, 0.3) is 0 Å². The van der Waals surface area contributed by atoms with Crippen molar-refractivity contribution >= 4 is 5.97 Å². The van der Waals surface area contributed by atoms with Crippen LogP contribution in [0.4, 0.5) is 0 Å². The number of nitrogens with zero attached hydrogens (tertiary/aromatic N) is 1. The lowest BCUT2D eigenvalue weighted by atomic mass is 10.1. The van der Waals surface area contributed by atoms with Crippen molar-refractivity contribution in [3.05, 3.63) is 0 Å². The molecule has 3 unspecified atom stereocenters. The van der Waals surface area contributed by atoms with Gasteiger partial charge in [0.2, 0.25) is 0 Å². The van der Waals surface area contributed by atoms with Gasteiger partial charge in [0, 0.05) is 19.6 Å². The Balaban J connectivity index is 1.76. The van der Waals surface area contributed by atoms with E-state index in [1.165, 1.54) is 0 Å². The number of carboxylic acid groups (broad SMARTS) is 1. The first-order valence-electron chi connectivity index (χ1n) is 6.41. The Hall–Kier alpha value is -0.650. The maximum absolute atomic E-state index is 10.8. The van der Waals surface area contributed by atoms with Gasteiger partial charge in [0.1, 0.15) is 0 Å². The van der Waals surface area contributed by atoms with E-state index in [2.05, 4.69) is 11.8 Å². The average molecular weight is 243 g/mol. The van der Waals surface area contributed by atoms with Crippen LogP contribution in [-0.4, -0.2) is 60.5 Å². The fraction of sp³-hybridized carbons (Fsp3) is 0.917. The molecule has 0 aliphatic carbocycles. The molecule has 0 saturated carbocycles. The first kappa shape index (κ1) is 12.8. The smallest absolute Gasteiger partial charge is 0.332 e. The number of rotatable bonds is 4. The molecule has 0 amide bonds. The molecule has 2 fully saturated rings. The predicted molar refractivity (Wildman–Crippen MR) is 62.0 cm³/mol. The van der Waals surface area contributed by atoms with E-state index in [0.29, 0.717) is 12.5 Å². The molecule has 3 atom stereocenters. The predicted octanol–water partition coefficient (Wildman–Crippen LogP) is 0.729. The summed E-state index contributed by atoms with van der Waals surface area (Å²) < 4.78 is 11.1. The van der Waals surface area contributed by atoms with Crippen LogP contribution in [0.3, 0.4) is 0 Å². The first-order chi connectivity index (χ1) is 8.19. The van der Waals surface area contributed by atoms with E-state index in [0.717, 1.165) is 39.1 Å². The van der Waals surface area contributed by atoms with Gasteiger partial charge in [-0.05, 0) is 19.3 Å². The number of hydrogen-bond donors (Lipinski definition) is 1. The molecule has 5 heteroatoms. The molecule has 5 nitrogen and oxygen atoms in total. The van der Waals surface area contributed by atoms with Crippen LogP contribution >= 0.6 is 0 Å². The van der Waals surface area contributed by atoms with Crippen molar-refractivity contribution < 1.29 is 19.4 Å². The van der Waals surface area contributed by atoms with Gasteiger partial charge in [-0.2, -0.15) is 0 Å². The molecule has 0 radical (unpaired) electrons. The summed E-state index contributed by atoms with van der Waals surface area (Å²) in [5, 5.41) is 8.86. The van der Waals surface area contributed by atoms with Crippen LogP contribution in [0.15, 0.2) is 0 Å². The highest BCUT2D eigenvalue weighted by molar-refractivity contribution is 5.72. The van der Waals surface area contributed by atoms with Gasteiger partial charge < -0.3 is 14.6 Å². The molecule has 0 spiro atoms. The Morgan fingerprint density at radius 3 is 2.88 bits per heavy atom. The van der Waals surface area contributed by atoms with Crippen molar-refractivity contribution in [2.24, 2.45) is 0 Å². The van der Waals surface area contributed by atoms with Gasteiger partial charge in [-0.25, -0.2) is 4.79 Å². The highest BCUT2D eigenvalue weighted by Crippen LogP contribution is 2.21. The minimum Gasteiger partial charge on any atom is -0.479 e. The summed E-state index contributed by atoms with van der Waals surface area (Å²) in [6.45, 7) is 5.60. The van der Waals surface area contributed by atoms with E-state index in [4.69, 9.17) is 14.6 Å². The third-order valence-corrected chi connectivity index (χ3v) is 3.52. The van der Waals surface area contributed by atoms with Crippen molar-refractivity contribution in [2.45, 2.75) is 44.5 Å². The zero-order valence-corrected chi connectivity index (χ0v) is 10.3. The fourth-order valence-corrected chi connectivity index (χ4v) is 2.50. The Morgan fingerprint density at radius 1 is 1.41 bits per heavy atom. The summed E-state index contributed by atoms with van der Waals surface area (Å²) in [4.78, 5) is 13.1. The monoisotopic (exact) mass is 243 g/mol. The number of carboxylic acids is 1. The van der Waals surface area contributed by atoms with Gasteiger partial charge in [-0.15, -0.1) is 0 Å². The van der Waals surface area contributed by atoms with Crippen molar-refractivity contribution in [1.29, 1.82) is 0 Å². The summed E-state index contributed by atoms with van der Waals surface area (Å²) in [6.07, 6.45) is 2.32. The van der Waals surface area contributed by atoms with Crippen molar-refractivity contribution in [3.63, 3.8) is 0 Å². The maximum Gasteiger partial charge on any atom is 0.332 e. The Morgan fingerprint density at radius 2 is 2.24 bits per heavy atom. The Labute approximate surface area is 102 Å². The largest absolute Gasteiger partial charge is 0.479 e. The summed E-state index contributed by atoms with van der Waals surface area (Å²) in [6, 6.07) is 0. The van der Waals surface area contributed by atoms with Crippen LogP contribution in [0.5, 0.6) is 0 Å². The second kappa shape index (κ2) is 5.80. The van der Waals surface area contributed by atoms with E-state index < -0.39 is 12.1 Å². The molecule has 2 heterocycles. The summed E-state index contributed by atoms with van der Waals surface area (Å²) in [5.74, 6) is -0.832. The Bertz CT molecular complexity index is 271. The minimum absolute atomic E-state index is 0.0757. The molecule has 0 bridgehead atoms. The Kier molecular flexibility index (Phi) is 4.36. The van der Waals surface area contributed by atoms with Gasteiger partial charge in [0.15, 0.2) is 6.10 Å². The van der Waals surface area contributed by atoms with Crippen LogP contribution in [0.1, 0.15) is 26.2 Å². The van der Waals surface area contributed by atoms with E-state index in [1.807, 2.05) is 0 Å². The van der Waals surface area contributed by atoms with E-state index in [1.54, 1.807) is 0 Å². The van der Waals surface area contributed by atoms with Gasteiger partial charge in [0.25, 0.3) is 0 Å². The third kappa shape index (κ3) is 3.40. The standard InChI is InChI=1S/C12H21NO4/c1-2-9-7-13(5-6-16-9)8-10-3-4-11(17-10)12(14)15/h9-11H,2-8H2,1H3,(H,14,15). The lowest BCUT2D eigenvalue weighted by Gasteiger charge is -2.33. The van der Waals surface area contributed by atoms with Crippen molar-refractivity contribution in [3.8, 4) is 0 Å². The number of aliphatic carboxylic acids is 1. The highest BCUT2D eigenvalue weighted by atomic mass is 16.5. The molecule has 2 rings (SSSR count). The number of morpholine rings is 1. The van der Waals surface area contributed by atoms with Crippen molar-refractivity contribution in [2.75, 3.05) is 26.2 Å². The zero-order chi connectivity index (χ0) is 12.3. The number of carbonyl (C=O) groups is 1. The molecule has 2 saturated heterocycles. The molecule has 17 heavy (non-hydrogen) atoms. The molecule has 1 N–H and O–H groups in total. The molecule has 2 aliphatic heterocycles. The highest BCUT2D eigenvalue weighted by Gasteiger charge is 2.32. The van der Waals surface area contributed by atoms with Crippen LogP contribution in [-0.2, 0) is 14.3 Å². The lowest BCUT2D eigenvalue weighted by Crippen LogP contribution is -2.45. The molecule has 98 valence electrons. The molecular formula is C12H21NO4. The van der Waals surface area contributed by atoms with Gasteiger partial charge in [-0.3, -0.25) is 4.90 Å². The molecule has 0 aromatic carbocycles. The molecule has 0 aromatic heterocycles. The fourth-order valence-electron chi connectivity index (χ4n) is 2.50. The maximum atomic E-state index is 10.8. The van der Waals surface area contributed by atoms with Crippen LogP contribution in [0, 0.1) is 0 Å². The second-order valence-electron chi connectivity index (χ2n) is 4.82. The summed E-state index contributed by atoms with van der Waals surface area (Å²) in [5.41, 5.74) is 0. The van der Waals surface area contributed by atoms with E-state index in [-0.39, 0.29) is 6.10 Å². The minimum atomic E-state index is -0.832. The normalized spacial score (nSPS) is 35.0. The van der Waals surface area contributed by atoms with Crippen LogP contribution in [0.2, 0.25) is 0 Å². The quantitative estimate of drug-likeness (QED) is 0.788. The summed E-state index contributed by atoms with van der Waals surface area (Å²) >= 11 is 0. The second-order valence-corrected chi connectivity index (χ2v) is 4.82. The number of hydrogen-bond acceptors (Lipinski definition) is 4. The van der Waals surface area contributed by atoms with Crippen molar-refractivity contribution in [1.82, 2.24) is 4.90 Å². The zero-order valence-electron chi connectivity index (χ0n) is 10.3. The topological polar surface area (TPSA) is 59.0 Å². The number of ether oxygens (including phenoxy) is 2. The SMILES string of the molecule is CCC1CN(CC2CCC(C(=O)O)O2)CCO1. The van der Waals surface area contributed by atoms with Gasteiger partial charge in [-0.1, -0.05) is 6.92 Å². The molecule has 2 aliphatic rings. The first-order valence-corrected chi connectivity index (χ1v) is 6.41. The van der Waals surface area contributed by atoms with E-state index >= 15 is 0 Å². The van der Waals surface area contributed by atoms with E-state index in [9.17, 15) is 4.79 Å². The molecular weight excluding hydrogens is 222 g/mol. The third-order valence-electron chi connectivity index (χ3n) is 3.52. The van der Waals surface area contributed by atoms with Gasteiger partial charge in [0.05, 0.1) is 18.8 Å². The molecule has 0 aromatic rings. The van der Waals surface area contributed by atoms with Crippen LogP contribution < -0.4 is 0 Å². The average Bonchev–Trinajstić information content (AvgIpc) is 2.78.